The molecular weight excluding hydrogens is 278 g/mol. The number of rotatable bonds is 3. The molecule has 8 nitrogen and oxygen atoms in total. The third-order valence-corrected chi connectivity index (χ3v) is 3.55. The van der Waals surface area contributed by atoms with E-state index >= 15 is 0 Å². The molecule has 108 valence electrons. The van der Waals surface area contributed by atoms with Gasteiger partial charge in [-0.15, -0.1) is 0 Å². The lowest BCUT2D eigenvalue weighted by Crippen LogP contribution is -2.19. The van der Waals surface area contributed by atoms with Crippen LogP contribution in [0.4, 0.5) is 11.4 Å². The van der Waals surface area contributed by atoms with Crippen LogP contribution in [0.1, 0.15) is 29.2 Å². The van der Waals surface area contributed by atoms with E-state index in [0.717, 1.165) is 18.9 Å². The third kappa shape index (κ3) is 2.00. The summed E-state index contributed by atoms with van der Waals surface area (Å²) in [6.07, 6.45) is 3.03. The van der Waals surface area contributed by atoms with Crippen LogP contribution < -0.4 is 11.2 Å². The Balaban J connectivity index is 2.44. The van der Waals surface area contributed by atoms with Gasteiger partial charge < -0.3 is 15.4 Å². The van der Waals surface area contributed by atoms with Gasteiger partial charge in [0.2, 0.25) is 5.43 Å². The Morgan fingerprint density at radius 3 is 2.62 bits per heavy atom. The van der Waals surface area contributed by atoms with Gasteiger partial charge in [0, 0.05) is 18.3 Å². The molecule has 3 rings (SSSR count). The number of nitro groups is 1. The number of nitrogen functional groups attached to an aromatic ring is 1. The highest BCUT2D eigenvalue weighted by molar-refractivity contribution is 5.94. The second-order valence-electron chi connectivity index (χ2n) is 5.00. The van der Waals surface area contributed by atoms with Crippen molar-refractivity contribution >= 4 is 28.2 Å². The van der Waals surface area contributed by atoms with Gasteiger partial charge >= 0.3 is 5.97 Å². The Morgan fingerprint density at radius 1 is 1.43 bits per heavy atom. The molecule has 0 saturated heterocycles. The number of aromatic carboxylic acids is 1. The number of aromatic nitrogens is 1. The number of nitrogens with two attached hydrogens (primary N) is 1. The average molecular weight is 289 g/mol. The van der Waals surface area contributed by atoms with Crippen molar-refractivity contribution in [2.45, 2.75) is 18.9 Å². The molecule has 8 heteroatoms. The lowest BCUT2D eigenvalue weighted by molar-refractivity contribution is -0.383. The van der Waals surface area contributed by atoms with E-state index in [2.05, 4.69) is 0 Å². The second-order valence-corrected chi connectivity index (χ2v) is 5.00. The van der Waals surface area contributed by atoms with Gasteiger partial charge in [-0.1, -0.05) is 0 Å². The van der Waals surface area contributed by atoms with Crippen LogP contribution in [0.2, 0.25) is 0 Å². The summed E-state index contributed by atoms with van der Waals surface area (Å²) in [7, 11) is 0. The highest BCUT2D eigenvalue weighted by atomic mass is 16.6. The highest BCUT2D eigenvalue weighted by Crippen LogP contribution is 2.38. The van der Waals surface area contributed by atoms with Gasteiger partial charge in [-0.2, -0.15) is 0 Å². The maximum atomic E-state index is 12.2. The van der Waals surface area contributed by atoms with Crippen LogP contribution in [0, 0.1) is 10.1 Å². The van der Waals surface area contributed by atoms with Gasteiger partial charge in [0.05, 0.1) is 15.8 Å². The van der Waals surface area contributed by atoms with Gasteiger partial charge in [-0.25, -0.2) is 4.79 Å². The molecule has 0 bridgehead atoms. The number of carboxylic acid groups (broad SMARTS) is 1. The van der Waals surface area contributed by atoms with Crippen LogP contribution in [0.25, 0.3) is 10.9 Å². The summed E-state index contributed by atoms with van der Waals surface area (Å²) in [4.78, 5) is 33.6. The normalized spacial score (nSPS) is 14.3. The molecule has 1 aliphatic rings. The number of nitrogens with zero attached hydrogens (tertiary/aromatic N) is 2. The summed E-state index contributed by atoms with van der Waals surface area (Å²) in [5.74, 6) is -1.35. The fourth-order valence-corrected chi connectivity index (χ4v) is 2.37. The molecule has 1 saturated carbocycles. The number of fused-ring (bicyclic) bond motifs is 1. The maximum absolute atomic E-state index is 12.2. The fourth-order valence-electron chi connectivity index (χ4n) is 2.37. The molecule has 1 fully saturated rings. The van der Waals surface area contributed by atoms with Gasteiger partial charge in [0.25, 0.3) is 5.69 Å². The predicted octanol–water partition coefficient (Wildman–Crippen LogP) is 1.52. The molecule has 1 heterocycles. The lowest BCUT2D eigenvalue weighted by Gasteiger charge is -2.12. The molecular formula is C13H11N3O5. The molecule has 1 aromatic heterocycles. The molecule has 0 aliphatic heterocycles. The Kier molecular flexibility index (Phi) is 2.68. The number of nitro benzene ring substituents is 1. The van der Waals surface area contributed by atoms with Crippen LogP contribution in [-0.4, -0.2) is 20.6 Å². The molecule has 0 spiro atoms. The summed E-state index contributed by atoms with van der Waals surface area (Å²) in [5, 5.41) is 20.0. The molecule has 21 heavy (non-hydrogen) atoms. The van der Waals surface area contributed by atoms with E-state index < -0.39 is 27.6 Å². The largest absolute Gasteiger partial charge is 0.477 e. The van der Waals surface area contributed by atoms with Gasteiger partial charge in [-0.05, 0) is 18.9 Å². The second kappa shape index (κ2) is 4.30. The van der Waals surface area contributed by atoms with Gasteiger partial charge in [-0.3, -0.25) is 14.9 Å². The van der Waals surface area contributed by atoms with Crippen molar-refractivity contribution in [1.82, 2.24) is 4.57 Å². The van der Waals surface area contributed by atoms with Crippen LogP contribution in [0.5, 0.6) is 0 Å². The maximum Gasteiger partial charge on any atom is 0.341 e. The minimum Gasteiger partial charge on any atom is -0.477 e. The first-order chi connectivity index (χ1) is 9.90. The first-order valence-electron chi connectivity index (χ1n) is 6.26. The Hall–Kier alpha value is -2.90. The SMILES string of the molecule is Nc1cc2c(cc1[N+](=O)[O-])c(=O)c(C(=O)O)cn2C1CC1. The van der Waals surface area contributed by atoms with E-state index in [4.69, 9.17) is 10.8 Å². The van der Waals surface area contributed by atoms with Gasteiger partial charge in [0.15, 0.2) is 0 Å². The third-order valence-electron chi connectivity index (χ3n) is 3.55. The molecule has 0 unspecified atom stereocenters. The number of anilines is 1. The van der Waals surface area contributed by atoms with Crippen LogP contribution in [0.15, 0.2) is 23.1 Å². The molecule has 0 amide bonds. The van der Waals surface area contributed by atoms with E-state index in [1.165, 1.54) is 12.3 Å². The summed E-state index contributed by atoms with van der Waals surface area (Å²) in [5.41, 5.74) is 4.49. The topological polar surface area (TPSA) is 128 Å². The first kappa shape index (κ1) is 13.1. The zero-order valence-corrected chi connectivity index (χ0v) is 10.8. The molecule has 0 radical (unpaired) electrons. The minimum absolute atomic E-state index is 0.00250. The molecule has 1 aromatic carbocycles. The molecule has 2 aromatic rings. The highest BCUT2D eigenvalue weighted by Gasteiger charge is 2.28. The Labute approximate surface area is 117 Å². The summed E-state index contributed by atoms with van der Waals surface area (Å²) < 4.78 is 1.67. The number of carbonyl (C=O) groups is 1. The van der Waals surface area contributed by atoms with Crippen molar-refractivity contribution in [2.24, 2.45) is 0 Å². The smallest absolute Gasteiger partial charge is 0.341 e. The van der Waals surface area contributed by atoms with Crippen molar-refractivity contribution in [1.29, 1.82) is 0 Å². The predicted molar refractivity (Wildman–Crippen MR) is 74.5 cm³/mol. The van der Waals surface area contributed by atoms with Crippen LogP contribution in [0.3, 0.4) is 0 Å². The van der Waals surface area contributed by atoms with Crippen molar-refractivity contribution in [3.05, 3.63) is 44.2 Å². The number of hydrogen-bond donors (Lipinski definition) is 2. The van der Waals surface area contributed by atoms with Crippen LogP contribution >= 0.6 is 0 Å². The quantitative estimate of drug-likeness (QED) is 0.500. The number of hydrogen-bond acceptors (Lipinski definition) is 5. The average Bonchev–Trinajstić information content (AvgIpc) is 3.22. The van der Waals surface area contributed by atoms with E-state index in [-0.39, 0.29) is 17.1 Å². The zero-order valence-electron chi connectivity index (χ0n) is 10.8. The van der Waals surface area contributed by atoms with E-state index in [1.54, 1.807) is 4.57 Å². The van der Waals surface area contributed by atoms with Gasteiger partial charge in [0.1, 0.15) is 11.3 Å². The monoisotopic (exact) mass is 289 g/mol. The molecule has 3 N–H and O–H groups in total. The molecule has 1 aliphatic carbocycles. The Morgan fingerprint density at radius 2 is 2.10 bits per heavy atom. The number of benzene rings is 1. The number of pyridine rings is 1. The van der Waals surface area contributed by atoms with E-state index in [0.29, 0.717) is 5.52 Å². The lowest BCUT2D eigenvalue weighted by atomic mass is 10.1. The minimum atomic E-state index is -1.35. The Bertz CT molecular complexity index is 851. The number of carboxylic acids is 1. The van der Waals surface area contributed by atoms with E-state index in [1.807, 2.05) is 0 Å². The first-order valence-corrected chi connectivity index (χ1v) is 6.26. The van der Waals surface area contributed by atoms with Crippen molar-refractivity contribution < 1.29 is 14.8 Å². The molecule has 0 atom stereocenters. The standard InChI is InChI=1S/C13H11N3O5/c14-9-4-10-7(3-11(9)16(20)21)12(17)8(13(18)19)5-15(10)6-1-2-6/h3-6H,1-2,14H2,(H,18,19). The zero-order chi connectivity index (χ0) is 15.3. The van der Waals surface area contributed by atoms with Crippen molar-refractivity contribution in [3.8, 4) is 0 Å². The van der Waals surface area contributed by atoms with Crippen LogP contribution in [-0.2, 0) is 0 Å². The van der Waals surface area contributed by atoms with E-state index in [9.17, 15) is 19.7 Å². The summed E-state index contributed by atoms with van der Waals surface area (Å²) >= 11 is 0. The van der Waals surface area contributed by atoms with Crippen molar-refractivity contribution in [2.75, 3.05) is 5.73 Å². The summed E-state index contributed by atoms with van der Waals surface area (Å²) in [6, 6.07) is 2.52. The fraction of sp³-hybridized carbons (Fsp3) is 0.231. The van der Waals surface area contributed by atoms with Crippen molar-refractivity contribution in [3.63, 3.8) is 0 Å². The summed E-state index contributed by atoms with van der Waals surface area (Å²) in [6.45, 7) is 0.